The van der Waals surface area contributed by atoms with Gasteiger partial charge in [-0.05, 0) is 68.0 Å². The smallest absolute Gasteiger partial charge is 0.173 e. The Morgan fingerprint density at radius 1 is 1.19 bits per heavy atom. The maximum Gasteiger partial charge on any atom is 0.173 e. The standard InChI is InChI=1S/C20H24ClN3OS/c1-14-13-23(20(26)22-19-6-4-5-18(21)15(19)2)11-12-24(14)16-7-9-17(25-3)10-8-16/h4-10,14H,11-13H2,1-3H3,(H,22,26). The Kier molecular flexibility index (Phi) is 5.89. The zero-order chi connectivity index (χ0) is 18.7. The molecule has 1 heterocycles. The second kappa shape index (κ2) is 8.14. The van der Waals surface area contributed by atoms with Crippen molar-refractivity contribution in [3.05, 3.63) is 53.1 Å². The van der Waals surface area contributed by atoms with Gasteiger partial charge in [0.1, 0.15) is 5.75 Å². The predicted octanol–water partition coefficient (Wildman–Crippen LogP) is 4.56. The molecule has 0 spiro atoms. The molecule has 1 aliphatic heterocycles. The molecule has 0 bridgehead atoms. The summed E-state index contributed by atoms with van der Waals surface area (Å²) < 4.78 is 5.24. The summed E-state index contributed by atoms with van der Waals surface area (Å²) in [6, 6.07) is 14.4. The van der Waals surface area contributed by atoms with Gasteiger partial charge < -0.3 is 19.9 Å². The largest absolute Gasteiger partial charge is 0.497 e. The summed E-state index contributed by atoms with van der Waals surface area (Å²) >= 11 is 11.8. The first-order valence-corrected chi connectivity index (χ1v) is 9.50. The van der Waals surface area contributed by atoms with Crippen LogP contribution >= 0.6 is 23.8 Å². The van der Waals surface area contributed by atoms with E-state index in [1.54, 1.807) is 7.11 Å². The minimum absolute atomic E-state index is 0.359. The van der Waals surface area contributed by atoms with Crippen molar-refractivity contribution in [3.63, 3.8) is 0 Å². The maximum absolute atomic E-state index is 6.20. The van der Waals surface area contributed by atoms with E-state index in [1.807, 2.05) is 37.3 Å². The fraction of sp³-hybridized carbons (Fsp3) is 0.350. The normalized spacial score (nSPS) is 17.2. The molecule has 2 aromatic rings. The Bertz CT molecular complexity index is 781. The van der Waals surface area contributed by atoms with Gasteiger partial charge >= 0.3 is 0 Å². The molecule has 0 aromatic heterocycles. The van der Waals surface area contributed by atoms with Gasteiger partial charge in [-0.15, -0.1) is 0 Å². The van der Waals surface area contributed by atoms with E-state index in [0.717, 1.165) is 46.8 Å². The van der Waals surface area contributed by atoms with Crippen LogP contribution in [0.1, 0.15) is 12.5 Å². The van der Waals surface area contributed by atoms with Gasteiger partial charge in [0.15, 0.2) is 5.11 Å². The summed E-state index contributed by atoms with van der Waals surface area (Å²) in [7, 11) is 1.69. The van der Waals surface area contributed by atoms with Crippen LogP contribution < -0.4 is 15.0 Å². The third kappa shape index (κ3) is 4.05. The van der Waals surface area contributed by atoms with Crippen molar-refractivity contribution >= 4 is 40.3 Å². The summed E-state index contributed by atoms with van der Waals surface area (Å²) in [5, 5.41) is 4.84. The zero-order valence-corrected chi connectivity index (χ0v) is 16.9. The highest BCUT2D eigenvalue weighted by Gasteiger charge is 2.25. The van der Waals surface area contributed by atoms with Gasteiger partial charge in [-0.2, -0.15) is 0 Å². The molecule has 138 valence electrons. The van der Waals surface area contributed by atoms with Crippen molar-refractivity contribution in [2.45, 2.75) is 19.9 Å². The van der Waals surface area contributed by atoms with E-state index in [-0.39, 0.29) is 0 Å². The van der Waals surface area contributed by atoms with E-state index in [2.05, 4.69) is 34.2 Å². The minimum atomic E-state index is 0.359. The van der Waals surface area contributed by atoms with Crippen LogP contribution in [0.4, 0.5) is 11.4 Å². The van der Waals surface area contributed by atoms with E-state index < -0.39 is 0 Å². The molecule has 0 aliphatic carbocycles. The number of ether oxygens (including phenoxy) is 1. The monoisotopic (exact) mass is 389 g/mol. The molecule has 3 rings (SSSR count). The molecule has 1 unspecified atom stereocenters. The number of rotatable bonds is 3. The van der Waals surface area contributed by atoms with Gasteiger partial charge in [0, 0.05) is 42.1 Å². The average molecular weight is 390 g/mol. The van der Waals surface area contributed by atoms with Crippen molar-refractivity contribution < 1.29 is 4.74 Å². The highest BCUT2D eigenvalue weighted by Crippen LogP contribution is 2.25. The number of halogens is 1. The zero-order valence-electron chi connectivity index (χ0n) is 15.3. The second-order valence-electron chi connectivity index (χ2n) is 6.53. The maximum atomic E-state index is 6.20. The lowest BCUT2D eigenvalue weighted by Crippen LogP contribution is -2.54. The number of hydrogen-bond acceptors (Lipinski definition) is 3. The molecule has 0 amide bonds. The first kappa shape index (κ1) is 18.8. The minimum Gasteiger partial charge on any atom is -0.497 e. The van der Waals surface area contributed by atoms with Gasteiger partial charge in [0.25, 0.3) is 0 Å². The van der Waals surface area contributed by atoms with Gasteiger partial charge in [-0.1, -0.05) is 17.7 Å². The summed E-state index contributed by atoms with van der Waals surface area (Å²) in [5.41, 5.74) is 3.19. The van der Waals surface area contributed by atoms with Gasteiger partial charge in [-0.25, -0.2) is 0 Å². The van der Waals surface area contributed by atoms with Crippen LogP contribution in [0.3, 0.4) is 0 Å². The van der Waals surface area contributed by atoms with Gasteiger partial charge in [0.2, 0.25) is 0 Å². The third-order valence-corrected chi connectivity index (χ3v) is 5.60. The third-order valence-electron chi connectivity index (χ3n) is 4.83. The number of hydrogen-bond donors (Lipinski definition) is 1. The van der Waals surface area contributed by atoms with Crippen molar-refractivity contribution in [3.8, 4) is 5.75 Å². The lowest BCUT2D eigenvalue weighted by Gasteiger charge is -2.42. The fourth-order valence-corrected chi connectivity index (χ4v) is 3.69. The van der Waals surface area contributed by atoms with Crippen LogP contribution in [0.2, 0.25) is 5.02 Å². The number of methoxy groups -OCH3 is 1. The molecule has 6 heteroatoms. The number of nitrogens with one attached hydrogen (secondary N) is 1. The van der Waals surface area contributed by atoms with Gasteiger partial charge in [-0.3, -0.25) is 0 Å². The summed E-state index contributed by atoms with van der Waals surface area (Å²) in [6.07, 6.45) is 0. The average Bonchev–Trinajstić information content (AvgIpc) is 2.65. The summed E-state index contributed by atoms with van der Waals surface area (Å²) in [6.45, 7) is 6.89. The van der Waals surface area contributed by atoms with Crippen molar-refractivity contribution in [1.82, 2.24) is 4.90 Å². The number of thiocarbonyl (C=S) groups is 1. The molecular formula is C20H24ClN3OS. The van der Waals surface area contributed by atoms with E-state index in [4.69, 9.17) is 28.6 Å². The molecule has 1 aliphatic rings. The number of piperazine rings is 1. The molecule has 1 saturated heterocycles. The molecule has 2 aromatic carbocycles. The van der Waals surface area contributed by atoms with E-state index in [0.29, 0.717) is 6.04 Å². The molecule has 1 atom stereocenters. The van der Waals surface area contributed by atoms with Crippen LogP contribution in [0.15, 0.2) is 42.5 Å². The van der Waals surface area contributed by atoms with Crippen molar-refractivity contribution in [2.75, 3.05) is 37.0 Å². The molecule has 4 nitrogen and oxygen atoms in total. The van der Waals surface area contributed by atoms with Crippen LogP contribution in [0.5, 0.6) is 5.75 Å². The topological polar surface area (TPSA) is 27.7 Å². The Hall–Kier alpha value is -1.98. The van der Waals surface area contributed by atoms with Crippen LogP contribution in [-0.4, -0.2) is 42.8 Å². The van der Waals surface area contributed by atoms with Crippen LogP contribution in [0, 0.1) is 6.92 Å². The highest BCUT2D eigenvalue weighted by molar-refractivity contribution is 7.80. The summed E-state index contributed by atoms with van der Waals surface area (Å²) in [4.78, 5) is 4.63. The Morgan fingerprint density at radius 2 is 1.92 bits per heavy atom. The highest BCUT2D eigenvalue weighted by atomic mass is 35.5. The Balaban J connectivity index is 1.64. The lowest BCUT2D eigenvalue weighted by atomic mass is 10.1. The van der Waals surface area contributed by atoms with Crippen molar-refractivity contribution in [2.24, 2.45) is 0 Å². The van der Waals surface area contributed by atoms with Crippen molar-refractivity contribution in [1.29, 1.82) is 0 Å². The van der Waals surface area contributed by atoms with E-state index in [9.17, 15) is 0 Å². The Labute approximate surface area is 165 Å². The lowest BCUT2D eigenvalue weighted by molar-refractivity contribution is 0.342. The number of nitrogens with zero attached hydrogens (tertiary/aromatic N) is 2. The first-order chi connectivity index (χ1) is 12.5. The number of anilines is 2. The number of benzene rings is 2. The molecule has 1 N–H and O–H groups in total. The molecular weight excluding hydrogens is 366 g/mol. The fourth-order valence-electron chi connectivity index (χ4n) is 3.24. The molecule has 0 saturated carbocycles. The Morgan fingerprint density at radius 3 is 2.58 bits per heavy atom. The molecule has 0 radical (unpaired) electrons. The quantitative estimate of drug-likeness (QED) is 0.776. The second-order valence-corrected chi connectivity index (χ2v) is 7.32. The summed E-state index contributed by atoms with van der Waals surface area (Å²) in [5.74, 6) is 0.877. The first-order valence-electron chi connectivity index (χ1n) is 8.71. The molecule has 1 fully saturated rings. The predicted molar refractivity (Wildman–Crippen MR) is 114 cm³/mol. The van der Waals surface area contributed by atoms with E-state index in [1.165, 1.54) is 5.69 Å². The van der Waals surface area contributed by atoms with Gasteiger partial charge in [0.05, 0.1) is 7.11 Å². The van der Waals surface area contributed by atoms with Crippen LogP contribution in [0.25, 0.3) is 0 Å². The molecule has 26 heavy (non-hydrogen) atoms. The van der Waals surface area contributed by atoms with E-state index >= 15 is 0 Å². The van der Waals surface area contributed by atoms with Crippen LogP contribution in [-0.2, 0) is 0 Å². The SMILES string of the molecule is COc1ccc(N2CCN(C(=S)Nc3cccc(Cl)c3C)CC2C)cc1.